The first-order chi connectivity index (χ1) is 11.5. The number of furan rings is 1. The van der Waals surface area contributed by atoms with Gasteiger partial charge in [-0.3, -0.25) is 9.69 Å². The van der Waals surface area contributed by atoms with Gasteiger partial charge in [0, 0.05) is 17.6 Å². The van der Waals surface area contributed by atoms with Crippen molar-refractivity contribution in [2.45, 2.75) is 0 Å². The first kappa shape index (κ1) is 17.0. The largest absolute Gasteiger partial charge is 0.457 e. The summed E-state index contributed by atoms with van der Waals surface area (Å²) in [6, 6.07) is 7.66. The van der Waals surface area contributed by atoms with Crippen molar-refractivity contribution in [2.75, 3.05) is 6.54 Å². The number of hydrogen-bond acceptors (Lipinski definition) is 4. The topological polar surface area (TPSA) is 33.5 Å². The van der Waals surface area contributed by atoms with Crippen molar-refractivity contribution < 1.29 is 13.6 Å². The van der Waals surface area contributed by atoms with E-state index in [-0.39, 0.29) is 5.91 Å². The molecule has 1 aromatic carbocycles. The second kappa shape index (κ2) is 6.93. The summed E-state index contributed by atoms with van der Waals surface area (Å²) >= 11 is 12.1. The van der Waals surface area contributed by atoms with Gasteiger partial charge in [-0.25, -0.2) is 4.39 Å². The highest BCUT2D eigenvalue weighted by atomic mass is 35.5. The molecule has 1 amide bonds. The summed E-state index contributed by atoms with van der Waals surface area (Å²) in [7, 11) is 0. The first-order valence-electron chi connectivity index (χ1n) is 6.91. The zero-order valence-electron chi connectivity index (χ0n) is 12.3. The van der Waals surface area contributed by atoms with Gasteiger partial charge in [0.2, 0.25) is 0 Å². The van der Waals surface area contributed by atoms with E-state index in [9.17, 15) is 9.18 Å². The summed E-state index contributed by atoms with van der Waals surface area (Å²) in [6.07, 6.45) is 3.21. The lowest BCUT2D eigenvalue weighted by atomic mass is 10.1. The predicted octanol–water partition coefficient (Wildman–Crippen LogP) is 5.13. The molecule has 0 bridgehead atoms. The summed E-state index contributed by atoms with van der Waals surface area (Å²) < 4.78 is 20.0. The Labute approximate surface area is 152 Å². The summed E-state index contributed by atoms with van der Waals surface area (Å²) in [5.41, 5.74) is 0.304. The van der Waals surface area contributed by atoms with Gasteiger partial charge in [0.1, 0.15) is 21.7 Å². The summed E-state index contributed by atoms with van der Waals surface area (Å²) in [5, 5.41) is 0.314. The van der Waals surface area contributed by atoms with E-state index >= 15 is 0 Å². The minimum absolute atomic E-state index is 0.194. The minimum atomic E-state index is -0.472. The molecule has 1 fully saturated rings. The van der Waals surface area contributed by atoms with Crippen LogP contribution >= 0.6 is 35.6 Å². The van der Waals surface area contributed by atoms with Gasteiger partial charge in [-0.2, -0.15) is 0 Å². The number of carbonyl (C=O) groups excluding carboxylic acids is 1. The number of hydrogen-bond donors (Lipinski definition) is 0. The Balaban J connectivity index is 1.88. The van der Waals surface area contributed by atoms with E-state index in [2.05, 4.69) is 6.58 Å². The van der Waals surface area contributed by atoms with Crippen LogP contribution in [-0.4, -0.2) is 21.7 Å². The first-order valence-corrected chi connectivity index (χ1v) is 8.51. The highest BCUT2D eigenvalue weighted by Gasteiger charge is 2.31. The Morgan fingerprint density at radius 3 is 2.88 bits per heavy atom. The normalized spacial score (nSPS) is 16.2. The molecular formula is C17H11ClFNO2S2. The van der Waals surface area contributed by atoms with E-state index in [1.165, 1.54) is 22.7 Å². The molecule has 1 saturated heterocycles. The molecule has 3 rings (SSSR count). The number of nitrogens with zero attached hydrogens (tertiary/aromatic N) is 1. The molecule has 122 valence electrons. The van der Waals surface area contributed by atoms with Crippen LogP contribution in [0.3, 0.4) is 0 Å². The molecule has 1 aromatic heterocycles. The van der Waals surface area contributed by atoms with E-state index in [4.69, 9.17) is 28.2 Å². The second-order valence-corrected chi connectivity index (χ2v) is 7.02. The molecule has 0 aliphatic carbocycles. The lowest BCUT2D eigenvalue weighted by Crippen LogP contribution is -2.27. The molecule has 0 spiro atoms. The SMILES string of the molecule is C=CCN1C(=O)C(=Cc2ccc(-c3ccc(Cl)cc3F)o2)SC1=S. The maximum Gasteiger partial charge on any atom is 0.266 e. The van der Waals surface area contributed by atoms with Crippen LogP contribution in [0.1, 0.15) is 5.76 Å². The second-order valence-electron chi connectivity index (χ2n) is 4.91. The van der Waals surface area contributed by atoms with Crippen LogP contribution in [0.15, 0.2) is 52.3 Å². The molecule has 3 nitrogen and oxygen atoms in total. The minimum Gasteiger partial charge on any atom is -0.457 e. The Hall–Kier alpha value is -1.89. The third kappa shape index (κ3) is 3.31. The maximum absolute atomic E-state index is 13.9. The molecule has 1 aliphatic heterocycles. The van der Waals surface area contributed by atoms with Crippen molar-refractivity contribution in [2.24, 2.45) is 0 Å². The van der Waals surface area contributed by atoms with E-state index < -0.39 is 5.82 Å². The fourth-order valence-corrected chi connectivity index (χ4v) is 3.59. The van der Waals surface area contributed by atoms with Crippen molar-refractivity contribution in [3.8, 4) is 11.3 Å². The van der Waals surface area contributed by atoms with Crippen LogP contribution < -0.4 is 0 Å². The van der Waals surface area contributed by atoms with Gasteiger partial charge >= 0.3 is 0 Å². The van der Waals surface area contributed by atoms with Gasteiger partial charge in [-0.1, -0.05) is 41.7 Å². The maximum atomic E-state index is 13.9. The monoisotopic (exact) mass is 379 g/mol. The molecule has 7 heteroatoms. The number of carbonyl (C=O) groups is 1. The van der Waals surface area contributed by atoms with E-state index in [1.807, 2.05) is 0 Å². The van der Waals surface area contributed by atoms with Crippen LogP contribution in [0.5, 0.6) is 0 Å². The number of benzene rings is 1. The molecule has 0 N–H and O–H groups in total. The Bertz CT molecular complexity index is 875. The van der Waals surface area contributed by atoms with Crippen molar-refractivity contribution >= 4 is 51.9 Å². The Kier molecular flexibility index (Phi) is 4.89. The van der Waals surface area contributed by atoms with Crippen molar-refractivity contribution in [3.63, 3.8) is 0 Å². The summed E-state index contributed by atoms with van der Waals surface area (Å²) in [6.45, 7) is 3.97. The highest BCUT2D eigenvalue weighted by molar-refractivity contribution is 8.26. The van der Waals surface area contributed by atoms with Crippen LogP contribution in [0.2, 0.25) is 5.02 Å². The zero-order chi connectivity index (χ0) is 17.3. The van der Waals surface area contributed by atoms with Crippen LogP contribution in [0.25, 0.3) is 17.4 Å². The van der Waals surface area contributed by atoms with Gasteiger partial charge in [-0.15, -0.1) is 6.58 Å². The predicted molar refractivity (Wildman–Crippen MR) is 99.2 cm³/mol. The molecule has 1 aliphatic rings. The van der Waals surface area contributed by atoms with Gasteiger partial charge < -0.3 is 4.42 Å². The van der Waals surface area contributed by atoms with Crippen molar-refractivity contribution in [3.05, 3.63) is 64.5 Å². The average Bonchev–Trinajstić information content (AvgIpc) is 3.08. The van der Waals surface area contributed by atoms with E-state index in [1.54, 1.807) is 36.4 Å². The summed E-state index contributed by atoms with van der Waals surface area (Å²) in [4.78, 5) is 14.2. The standard InChI is InChI=1S/C17H11ClFNO2S2/c1-2-7-20-16(21)15(24-17(20)23)9-11-4-6-14(22-11)12-5-3-10(18)8-13(12)19/h2-6,8-9H,1,7H2. The van der Waals surface area contributed by atoms with Gasteiger partial charge in [0.15, 0.2) is 0 Å². The number of amides is 1. The lowest BCUT2D eigenvalue weighted by molar-refractivity contribution is -0.121. The van der Waals surface area contributed by atoms with Crippen LogP contribution in [-0.2, 0) is 4.79 Å². The molecule has 0 unspecified atom stereocenters. The quantitative estimate of drug-likeness (QED) is 0.419. The Morgan fingerprint density at radius 2 is 2.17 bits per heavy atom. The molecule has 2 aromatic rings. The lowest BCUT2D eigenvalue weighted by Gasteiger charge is -2.10. The highest BCUT2D eigenvalue weighted by Crippen LogP contribution is 2.34. The fraction of sp³-hybridized carbons (Fsp3) is 0.0588. The third-order valence-electron chi connectivity index (χ3n) is 3.28. The number of halogens is 2. The van der Waals surface area contributed by atoms with Gasteiger partial charge in [0.05, 0.1) is 10.5 Å². The molecule has 2 heterocycles. The number of thiocarbonyl (C=S) groups is 1. The van der Waals surface area contributed by atoms with E-state index in [0.717, 1.165) is 0 Å². The zero-order valence-corrected chi connectivity index (χ0v) is 14.7. The molecule has 0 atom stereocenters. The van der Waals surface area contributed by atoms with Gasteiger partial charge in [-0.05, 0) is 30.3 Å². The number of thioether (sulfide) groups is 1. The average molecular weight is 380 g/mol. The van der Waals surface area contributed by atoms with Crippen molar-refractivity contribution in [1.82, 2.24) is 4.90 Å². The fourth-order valence-electron chi connectivity index (χ4n) is 2.18. The third-order valence-corrected chi connectivity index (χ3v) is 4.89. The summed E-state index contributed by atoms with van der Waals surface area (Å²) in [5.74, 6) is 0.136. The van der Waals surface area contributed by atoms with Crippen LogP contribution in [0, 0.1) is 5.82 Å². The molecule has 0 radical (unpaired) electrons. The van der Waals surface area contributed by atoms with E-state index in [0.29, 0.717) is 37.9 Å². The smallest absolute Gasteiger partial charge is 0.266 e. The van der Waals surface area contributed by atoms with Crippen molar-refractivity contribution in [1.29, 1.82) is 0 Å². The van der Waals surface area contributed by atoms with Crippen LogP contribution in [0.4, 0.5) is 4.39 Å². The molecule has 0 saturated carbocycles. The number of rotatable bonds is 4. The molecular weight excluding hydrogens is 369 g/mol. The van der Waals surface area contributed by atoms with Gasteiger partial charge in [0.25, 0.3) is 5.91 Å². The molecule has 24 heavy (non-hydrogen) atoms. The Morgan fingerprint density at radius 1 is 1.38 bits per heavy atom.